The van der Waals surface area contributed by atoms with E-state index in [-0.39, 0.29) is 11.9 Å². The second-order valence-corrected chi connectivity index (χ2v) is 7.00. The molecular weight excluding hydrogens is 268 g/mol. The average Bonchev–Trinajstić information content (AvgIpc) is 2.96. The SMILES string of the molecule is O=C(CCC1CCCCN1)NC1CCCc2sccc21. The van der Waals surface area contributed by atoms with Gasteiger partial charge in [-0.15, -0.1) is 11.3 Å². The van der Waals surface area contributed by atoms with Crippen molar-refractivity contribution in [3.8, 4) is 0 Å². The lowest BCUT2D eigenvalue weighted by Gasteiger charge is -2.25. The fourth-order valence-electron chi connectivity index (χ4n) is 3.38. The monoisotopic (exact) mass is 292 g/mol. The van der Waals surface area contributed by atoms with Crippen LogP contribution >= 0.6 is 11.3 Å². The van der Waals surface area contributed by atoms with Crippen molar-refractivity contribution in [2.75, 3.05) is 6.54 Å². The van der Waals surface area contributed by atoms with Gasteiger partial charge in [-0.05, 0) is 62.1 Å². The van der Waals surface area contributed by atoms with E-state index in [1.54, 1.807) is 0 Å². The van der Waals surface area contributed by atoms with E-state index < -0.39 is 0 Å². The molecule has 1 aromatic rings. The van der Waals surface area contributed by atoms with Crippen LogP contribution in [0.1, 0.15) is 61.4 Å². The first kappa shape index (κ1) is 14.1. The van der Waals surface area contributed by atoms with E-state index in [1.165, 1.54) is 42.5 Å². The van der Waals surface area contributed by atoms with Crippen molar-refractivity contribution in [1.29, 1.82) is 0 Å². The van der Waals surface area contributed by atoms with E-state index in [1.807, 2.05) is 11.3 Å². The second kappa shape index (κ2) is 6.72. The number of amides is 1. The summed E-state index contributed by atoms with van der Waals surface area (Å²) in [6.07, 6.45) is 8.94. The highest BCUT2D eigenvalue weighted by Crippen LogP contribution is 2.33. The Morgan fingerprint density at radius 1 is 1.35 bits per heavy atom. The molecule has 0 spiro atoms. The van der Waals surface area contributed by atoms with E-state index in [2.05, 4.69) is 22.1 Å². The zero-order valence-electron chi connectivity index (χ0n) is 12.0. The molecular formula is C16H24N2OS. The van der Waals surface area contributed by atoms with Crippen LogP contribution in [0, 0.1) is 0 Å². The minimum absolute atomic E-state index is 0.224. The lowest BCUT2D eigenvalue weighted by molar-refractivity contribution is -0.122. The van der Waals surface area contributed by atoms with Crippen LogP contribution in [0.5, 0.6) is 0 Å². The van der Waals surface area contributed by atoms with Gasteiger partial charge in [-0.3, -0.25) is 4.79 Å². The first-order valence-electron chi connectivity index (χ1n) is 7.92. The Labute approximate surface area is 125 Å². The third-order valence-corrected chi connectivity index (χ3v) is 5.52. The maximum Gasteiger partial charge on any atom is 0.220 e. The van der Waals surface area contributed by atoms with Crippen LogP contribution in [0.2, 0.25) is 0 Å². The minimum atomic E-state index is 0.224. The number of hydrogen-bond acceptors (Lipinski definition) is 3. The van der Waals surface area contributed by atoms with Gasteiger partial charge in [0.25, 0.3) is 0 Å². The molecule has 4 heteroatoms. The lowest BCUT2D eigenvalue weighted by Crippen LogP contribution is -2.36. The van der Waals surface area contributed by atoms with Crippen LogP contribution in [0.3, 0.4) is 0 Å². The molecule has 1 saturated heterocycles. The molecule has 20 heavy (non-hydrogen) atoms. The van der Waals surface area contributed by atoms with Crippen LogP contribution < -0.4 is 10.6 Å². The number of piperidine rings is 1. The summed E-state index contributed by atoms with van der Waals surface area (Å²) in [7, 11) is 0. The Morgan fingerprint density at radius 3 is 3.15 bits per heavy atom. The normalized spacial score (nSPS) is 26.0. The first-order valence-corrected chi connectivity index (χ1v) is 8.80. The molecule has 3 rings (SSSR count). The number of carbonyl (C=O) groups is 1. The van der Waals surface area contributed by atoms with Gasteiger partial charge in [0.1, 0.15) is 0 Å². The fourth-order valence-corrected chi connectivity index (χ4v) is 4.37. The van der Waals surface area contributed by atoms with Gasteiger partial charge < -0.3 is 10.6 Å². The highest BCUT2D eigenvalue weighted by molar-refractivity contribution is 7.10. The van der Waals surface area contributed by atoms with Crippen molar-refractivity contribution in [2.24, 2.45) is 0 Å². The summed E-state index contributed by atoms with van der Waals surface area (Å²) in [5.74, 6) is 0.224. The smallest absolute Gasteiger partial charge is 0.220 e. The summed E-state index contributed by atoms with van der Waals surface area (Å²) in [4.78, 5) is 13.6. The molecule has 3 nitrogen and oxygen atoms in total. The number of nitrogens with one attached hydrogen (secondary N) is 2. The second-order valence-electron chi connectivity index (χ2n) is 6.00. The summed E-state index contributed by atoms with van der Waals surface area (Å²) in [5, 5.41) is 8.91. The van der Waals surface area contributed by atoms with Crippen LogP contribution in [0.4, 0.5) is 0 Å². The maximum atomic E-state index is 12.2. The minimum Gasteiger partial charge on any atom is -0.349 e. The summed E-state index contributed by atoms with van der Waals surface area (Å²) in [5.41, 5.74) is 1.37. The molecule has 110 valence electrons. The fraction of sp³-hybridized carbons (Fsp3) is 0.688. The molecule has 2 N–H and O–H groups in total. The van der Waals surface area contributed by atoms with Crippen LogP contribution in [-0.2, 0) is 11.2 Å². The first-order chi connectivity index (χ1) is 9.83. The summed E-state index contributed by atoms with van der Waals surface area (Å²) in [6, 6.07) is 3.00. The number of fused-ring (bicyclic) bond motifs is 1. The molecule has 2 aliphatic rings. The van der Waals surface area contributed by atoms with E-state index in [0.717, 1.165) is 19.4 Å². The van der Waals surface area contributed by atoms with Gasteiger partial charge in [0.05, 0.1) is 6.04 Å². The van der Waals surface area contributed by atoms with Crippen molar-refractivity contribution >= 4 is 17.2 Å². The molecule has 1 amide bonds. The van der Waals surface area contributed by atoms with Gasteiger partial charge in [0.15, 0.2) is 0 Å². The zero-order valence-corrected chi connectivity index (χ0v) is 12.8. The van der Waals surface area contributed by atoms with Crippen LogP contribution in [-0.4, -0.2) is 18.5 Å². The molecule has 0 saturated carbocycles. The van der Waals surface area contributed by atoms with Gasteiger partial charge in [-0.2, -0.15) is 0 Å². The molecule has 2 atom stereocenters. The molecule has 1 aliphatic heterocycles. The summed E-state index contributed by atoms with van der Waals surface area (Å²) in [6.45, 7) is 1.12. The number of aryl methyl sites for hydroxylation is 1. The largest absolute Gasteiger partial charge is 0.349 e. The van der Waals surface area contributed by atoms with Crippen molar-refractivity contribution in [1.82, 2.24) is 10.6 Å². The van der Waals surface area contributed by atoms with Crippen molar-refractivity contribution in [2.45, 2.75) is 63.5 Å². The number of thiophene rings is 1. The molecule has 0 bridgehead atoms. The van der Waals surface area contributed by atoms with E-state index >= 15 is 0 Å². The van der Waals surface area contributed by atoms with Crippen molar-refractivity contribution in [3.05, 3.63) is 21.9 Å². The van der Waals surface area contributed by atoms with E-state index in [4.69, 9.17) is 0 Å². The van der Waals surface area contributed by atoms with Crippen molar-refractivity contribution < 1.29 is 4.79 Å². The molecule has 0 aromatic carbocycles. The Morgan fingerprint density at radius 2 is 2.30 bits per heavy atom. The van der Waals surface area contributed by atoms with Gasteiger partial charge in [0, 0.05) is 17.3 Å². The highest BCUT2D eigenvalue weighted by Gasteiger charge is 2.23. The molecule has 1 aromatic heterocycles. The quantitative estimate of drug-likeness (QED) is 0.895. The molecule has 1 fully saturated rings. The topological polar surface area (TPSA) is 41.1 Å². The zero-order chi connectivity index (χ0) is 13.8. The summed E-state index contributed by atoms with van der Waals surface area (Å²) < 4.78 is 0. The molecule has 2 heterocycles. The molecule has 1 aliphatic carbocycles. The summed E-state index contributed by atoms with van der Waals surface area (Å²) >= 11 is 1.83. The maximum absolute atomic E-state index is 12.2. The predicted octanol–water partition coefficient (Wildman–Crippen LogP) is 3.16. The van der Waals surface area contributed by atoms with Gasteiger partial charge >= 0.3 is 0 Å². The average molecular weight is 292 g/mol. The Bertz CT molecular complexity index is 451. The molecule has 0 radical (unpaired) electrons. The van der Waals surface area contributed by atoms with Gasteiger partial charge in [-0.1, -0.05) is 6.42 Å². The van der Waals surface area contributed by atoms with Crippen LogP contribution in [0.15, 0.2) is 11.4 Å². The number of carbonyl (C=O) groups excluding carboxylic acids is 1. The highest BCUT2D eigenvalue weighted by atomic mass is 32.1. The number of hydrogen-bond donors (Lipinski definition) is 2. The predicted molar refractivity (Wildman–Crippen MR) is 83.0 cm³/mol. The third kappa shape index (κ3) is 3.41. The van der Waals surface area contributed by atoms with Gasteiger partial charge in [0.2, 0.25) is 5.91 Å². The van der Waals surface area contributed by atoms with E-state index in [0.29, 0.717) is 12.5 Å². The molecule has 2 unspecified atom stereocenters. The Balaban J connectivity index is 1.47. The standard InChI is InChI=1S/C16H24N2OS/c19-16(8-7-12-4-1-2-10-17-12)18-14-5-3-6-15-13(14)9-11-20-15/h9,11-12,14,17H,1-8,10H2,(H,18,19). The van der Waals surface area contributed by atoms with Gasteiger partial charge in [-0.25, -0.2) is 0 Å². The van der Waals surface area contributed by atoms with Crippen molar-refractivity contribution in [3.63, 3.8) is 0 Å². The third-order valence-electron chi connectivity index (χ3n) is 4.52. The van der Waals surface area contributed by atoms with E-state index in [9.17, 15) is 4.79 Å². The lowest BCUT2D eigenvalue weighted by atomic mass is 9.93. The van der Waals surface area contributed by atoms with Crippen LogP contribution in [0.25, 0.3) is 0 Å². The Hall–Kier alpha value is -0.870. The Kier molecular flexibility index (Phi) is 4.73. The number of rotatable bonds is 4.